The first-order chi connectivity index (χ1) is 9.33. The fourth-order valence-corrected chi connectivity index (χ4v) is 2.64. The molecule has 3 nitrogen and oxygen atoms in total. The predicted molar refractivity (Wildman–Crippen MR) is 80.3 cm³/mol. The Balaban J connectivity index is 1.75. The van der Waals surface area contributed by atoms with Crippen molar-refractivity contribution in [1.82, 2.24) is 9.55 Å². The zero-order valence-electron chi connectivity index (χ0n) is 10.7. The maximum Gasteiger partial charge on any atom is 0.123 e. The molecular formula is C15H15N3S. The van der Waals surface area contributed by atoms with Crippen LogP contribution in [-0.4, -0.2) is 9.55 Å². The Hall–Kier alpha value is -2.07. The molecule has 0 aliphatic carbocycles. The second-order valence-corrected chi connectivity index (χ2v) is 5.28. The highest BCUT2D eigenvalue weighted by Gasteiger charge is 2.02. The van der Waals surface area contributed by atoms with Crippen LogP contribution in [0.1, 0.15) is 5.69 Å². The Kier molecular flexibility index (Phi) is 3.33. The van der Waals surface area contributed by atoms with Gasteiger partial charge in [-0.1, -0.05) is 12.1 Å². The smallest absolute Gasteiger partial charge is 0.123 e. The average molecular weight is 269 g/mol. The molecule has 0 unspecified atom stereocenters. The van der Waals surface area contributed by atoms with Crippen molar-refractivity contribution in [2.24, 2.45) is 7.05 Å². The minimum absolute atomic E-state index is 0.824. The third-order valence-corrected chi connectivity index (χ3v) is 3.89. The fraction of sp³-hybridized carbons (Fsp3) is 0.133. The number of nitrogens with zero attached hydrogens (tertiary/aromatic N) is 2. The van der Waals surface area contributed by atoms with E-state index < -0.39 is 0 Å². The minimum atomic E-state index is 0.824. The van der Waals surface area contributed by atoms with Gasteiger partial charge in [0.2, 0.25) is 0 Å². The molecule has 3 aromatic rings. The summed E-state index contributed by atoms with van der Waals surface area (Å²) in [5.74, 6) is 0. The summed E-state index contributed by atoms with van der Waals surface area (Å²) in [4.78, 5) is 4.34. The molecule has 0 atom stereocenters. The van der Waals surface area contributed by atoms with Crippen LogP contribution in [0.25, 0.3) is 10.6 Å². The van der Waals surface area contributed by atoms with E-state index in [0.717, 1.165) is 22.8 Å². The van der Waals surface area contributed by atoms with Crippen molar-refractivity contribution < 1.29 is 0 Å². The number of thiazole rings is 1. The Labute approximate surface area is 116 Å². The maximum absolute atomic E-state index is 4.34. The van der Waals surface area contributed by atoms with E-state index in [-0.39, 0.29) is 0 Å². The fourth-order valence-electron chi connectivity index (χ4n) is 2.00. The second kappa shape index (κ2) is 5.28. The highest BCUT2D eigenvalue weighted by atomic mass is 32.1. The summed E-state index contributed by atoms with van der Waals surface area (Å²) in [6, 6.07) is 12.6. The van der Waals surface area contributed by atoms with Crippen LogP contribution in [-0.2, 0) is 13.6 Å². The van der Waals surface area contributed by atoms with E-state index in [4.69, 9.17) is 0 Å². The summed E-state index contributed by atoms with van der Waals surface area (Å²) < 4.78 is 2.12. The molecule has 0 saturated carbocycles. The monoisotopic (exact) mass is 269 g/mol. The van der Waals surface area contributed by atoms with Gasteiger partial charge in [0.1, 0.15) is 5.01 Å². The van der Waals surface area contributed by atoms with Gasteiger partial charge < -0.3 is 9.88 Å². The number of aryl methyl sites for hydroxylation is 1. The topological polar surface area (TPSA) is 29.9 Å². The van der Waals surface area contributed by atoms with Crippen molar-refractivity contribution >= 4 is 17.0 Å². The quantitative estimate of drug-likeness (QED) is 0.781. The SMILES string of the molecule is Cn1cccc1CNc1cccc(-c2nccs2)c1. The number of nitrogens with one attached hydrogen (secondary N) is 1. The predicted octanol–water partition coefficient (Wildman–Crippen LogP) is 3.76. The van der Waals surface area contributed by atoms with Crippen LogP contribution in [0.5, 0.6) is 0 Å². The van der Waals surface area contributed by atoms with E-state index >= 15 is 0 Å². The Bertz CT molecular complexity index is 656. The molecule has 0 radical (unpaired) electrons. The molecular weight excluding hydrogens is 254 g/mol. The number of benzene rings is 1. The molecule has 0 spiro atoms. The van der Waals surface area contributed by atoms with Crippen LogP contribution >= 0.6 is 11.3 Å². The Morgan fingerprint density at radius 2 is 2.21 bits per heavy atom. The van der Waals surface area contributed by atoms with Gasteiger partial charge in [-0.15, -0.1) is 11.3 Å². The first-order valence-electron chi connectivity index (χ1n) is 6.17. The van der Waals surface area contributed by atoms with Crippen LogP contribution < -0.4 is 5.32 Å². The van der Waals surface area contributed by atoms with Crippen molar-refractivity contribution in [1.29, 1.82) is 0 Å². The van der Waals surface area contributed by atoms with Gasteiger partial charge in [0.25, 0.3) is 0 Å². The lowest BCUT2D eigenvalue weighted by Gasteiger charge is -2.08. The Morgan fingerprint density at radius 1 is 1.26 bits per heavy atom. The summed E-state index contributed by atoms with van der Waals surface area (Å²) in [5.41, 5.74) is 3.54. The minimum Gasteiger partial charge on any atom is -0.379 e. The molecule has 96 valence electrons. The van der Waals surface area contributed by atoms with E-state index in [1.807, 2.05) is 11.6 Å². The molecule has 0 aliphatic heterocycles. The number of aromatic nitrogens is 2. The van der Waals surface area contributed by atoms with Crippen LogP contribution in [0.15, 0.2) is 54.2 Å². The van der Waals surface area contributed by atoms with Crippen molar-refractivity contribution in [2.45, 2.75) is 6.54 Å². The van der Waals surface area contributed by atoms with Gasteiger partial charge in [-0.2, -0.15) is 0 Å². The first kappa shape index (κ1) is 12.0. The van der Waals surface area contributed by atoms with E-state index in [0.29, 0.717) is 0 Å². The zero-order chi connectivity index (χ0) is 13.1. The van der Waals surface area contributed by atoms with Crippen LogP contribution in [0.2, 0.25) is 0 Å². The first-order valence-corrected chi connectivity index (χ1v) is 7.05. The molecule has 0 amide bonds. The van der Waals surface area contributed by atoms with E-state index in [1.165, 1.54) is 5.69 Å². The van der Waals surface area contributed by atoms with Crippen molar-refractivity contribution in [2.75, 3.05) is 5.32 Å². The molecule has 2 aromatic heterocycles. The number of hydrogen-bond acceptors (Lipinski definition) is 3. The standard InChI is InChI=1S/C15H15N3S/c1-18-8-3-6-14(18)11-17-13-5-2-4-12(10-13)15-16-7-9-19-15/h2-10,17H,11H2,1H3. The molecule has 19 heavy (non-hydrogen) atoms. The highest BCUT2D eigenvalue weighted by Crippen LogP contribution is 2.24. The summed E-state index contributed by atoms with van der Waals surface area (Å²) >= 11 is 1.66. The normalized spacial score (nSPS) is 10.6. The Morgan fingerprint density at radius 3 is 2.95 bits per heavy atom. The molecule has 3 rings (SSSR count). The molecule has 4 heteroatoms. The van der Waals surface area contributed by atoms with E-state index in [2.05, 4.69) is 64.5 Å². The molecule has 1 N–H and O–H groups in total. The van der Waals surface area contributed by atoms with Crippen molar-refractivity contribution in [3.8, 4) is 10.6 Å². The lowest BCUT2D eigenvalue weighted by atomic mass is 10.2. The van der Waals surface area contributed by atoms with Gasteiger partial charge in [0, 0.05) is 41.8 Å². The lowest BCUT2D eigenvalue weighted by molar-refractivity contribution is 0.842. The van der Waals surface area contributed by atoms with Gasteiger partial charge in [0.05, 0.1) is 6.54 Å². The van der Waals surface area contributed by atoms with Crippen molar-refractivity contribution in [3.05, 3.63) is 59.9 Å². The summed E-state index contributed by atoms with van der Waals surface area (Å²) in [7, 11) is 2.06. The molecule has 0 fully saturated rings. The molecule has 2 heterocycles. The molecule has 1 aromatic carbocycles. The summed E-state index contributed by atoms with van der Waals surface area (Å²) in [5, 5.41) is 6.50. The van der Waals surface area contributed by atoms with Gasteiger partial charge in [0.15, 0.2) is 0 Å². The van der Waals surface area contributed by atoms with E-state index in [9.17, 15) is 0 Å². The summed E-state index contributed by atoms with van der Waals surface area (Å²) in [6.45, 7) is 0.824. The highest BCUT2D eigenvalue weighted by molar-refractivity contribution is 7.13. The zero-order valence-corrected chi connectivity index (χ0v) is 11.5. The lowest BCUT2D eigenvalue weighted by Crippen LogP contribution is -2.03. The molecule has 0 aliphatic rings. The van der Waals surface area contributed by atoms with Gasteiger partial charge >= 0.3 is 0 Å². The third kappa shape index (κ3) is 2.69. The summed E-state index contributed by atoms with van der Waals surface area (Å²) in [6.07, 6.45) is 3.90. The maximum atomic E-state index is 4.34. The van der Waals surface area contributed by atoms with Crippen LogP contribution in [0.4, 0.5) is 5.69 Å². The molecule has 0 saturated heterocycles. The largest absolute Gasteiger partial charge is 0.379 e. The van der Waals surface area contributed by atoms with Crippen LogP contribution in [0, 0.1) is 0 Å². The van der Waals surface area contributed by atoms with Crippen molar-refractivity contribution in [3.63, 3.8) is 0 Å². The average Bonchev–Trinajstić information content (AvgIpc) is 3.08. The van der Waals surface area contributed by atoms with Crippen LogP contribution in [0.3, 0.4) is 0 Å². The molecule has 0 bridgehead atoms. The number of hydrogen-bond donors (Lipinski definition) is 1. The van der Waals surface area contributed by atoms with E-state index in [1.54, 1.807) is 11.3 Å². The third-order valence-electron chi connectivity index (χ3n) is 3.07. The second-order valence-electron chi connectivity index (χ2n) is 4.38. The van der Waals surface area contributed by atoms with Gasteiger partial charge in [-0.3, -0.25) is 0 Å². The number of rotatable bonds is 4. The van der Waals surface area contributed by atoms with Gasteiger partial charge in [-0.25, -0.2) is 4.98 Å². The van der Waals surface area contributed by atoms with Gasteiger partial charge in [-0.05, 0) is 24.3 Å². The number of anilines is 1.